The zero-order valence-electron chi connectivity index (χ0n) is 11.0. The molecule has 0 saturated heterocycles. The molecule has 1 rings (SSSR count). The van der Waals surface area contributed by atoms with Crippen molar-refractivity contribution in [2.24, 2.45) is 0 Å². The summed E-state index contributed by atoms with van der Waals surface area (Å²) in [6, 6.07) is 9.72. The number of nitrogens with one attached hydrogen (secondary N) is 1. The molecule has 0 bridgehead atoms. The van der Waals surface area contributed by atoms with Crippen molar-refractivity contribution in [1.82, 2.24) is 10.2 Å². The quantitative estimate of drug-likeness (QED) is 0.839. The third-order valence-electron chi connectivity index (χ3n) is 2.64. The van der Waals surface area contributed by atoms with Crippen molar-refractivity contribution < 1.29 is 9.59 Å². The van der Waals surface area contributed by atoms with Crippen molar-refractivity contribution in [3.63, 3.8) is 0 Å². The van der Waals surface area contributed by atoms with Crippen LogP contribution in [0, 0.1) is 0 Å². The predicted molar refractivity (Wildman–Crippen MR) is 71.2 cm³/mol. The van der Waals surface area contributed by atoms with Gasteiger partial charge in [0, 0.05) is 26.1 Å². The highest BCUT2D eigenvalue weighted by Gasteiger charge is 2.11. The van der Waals surface area contributed by atoms with Crippen LogP contribution in [0.4, 0.5) is 4.79 Å². The fraction of sp³-hybridized carbons (Fsp3) is 0.429. The first-order chi connectivity index (χ1) is 8.63. The molecule has 0 aliphatic rings. The van der Waals surface area contributed by atoms with Gasteiger partial charge in [0.2, 0.25) is 0 Å². The first kappa shape index (κ1) is 14.2. The van der Waals surface area contributed by atoms with Gasteiger partial charge in [-0.3, -0.25) is 4.79 Å². The number of carbonyl (C=O) groups is 2. The lowest BCUT2D eigenvalue weighted by atomic mass is 10.2. The van der Waals surface area contributed by atoms with Crippen LogP contribution in [-0.4, -0.2) is 29.8 Å². The molecular weight excluding hydrogens is 228 g/mol. The lowest BCUT2D eigenvalue weighted by molar-refractivity contribution is -0.116. The maximum Gasteiger partial charge on any atom is 0.317 e. The van der Waals surface area contributed by atoms with E-state index in [2.05, 4.69) is 5.32 Å². The maximum absolute atomic E-state index is 11.9. The third-order valence-corrected chi connectivity index (χ3v) is 2.64. The maximum atomic E-state index is 11.9. The molecule has 4 heteroatoms. The van der Waals surface area contributed by atoms with E-state index in [1.165, 1.54) is 6.92 Å². The molecule has 2 amide bonds. The van der Waals surface area contributed by atoms with Crippen LogP contribution in [0.25, 0.3) is 0 Å². The second-order valence-corrected chi connectivity index (χ2v) is 4.18. The minimum atomic E-state index is -0.123. The second kappa shape index (κ2) is 7.48. The van der Waals surface area contributed by atoms with Gasteiger partial charge in [0.05, 0.1) is 0 Å². The Kier molecular flexibility index (Phi) is 5.91. The minimum Gasteiger partial charge on any atom is -0.338 e. The molecule has 0 heterocycles. The molecule has 0 radical (unpaired) electrons. The molecule has 0 aromatic heterocycles. The van der Waals surface area contributed by atoms with E-state index in [-0.39, 0.29) is 11.8 Å². The SMILES string of the molecule is CCN(Cc1ccccc1)C(=O)NCCC(C)=O. The lowest BCUT2D eigenvalue weighted by Gasteiger charge is -2.21. The Hall–Kier alpha value is -1.84. The molecule has 4 nitrogen and oxygen atoms in total. The standard InChI is InChI=1S/C14H20N2O2/c1-3-16(11-13-7-5-4-6-8-13)14(18)15-10-9-12(2)17/h4-8H,3,9-11H2,1-2H3,(H,15,18). The number of benzene rings is 1. The van der Waals surface area contributed by atoms with Crippen molar-refractivity contribution in [2.75, 3.05) is 13.1 Å². The molecule has 1 N–H and O–H groups in total. The molecule has 0 unspecified atom stereocenters. The van der Waals surface area contributed by atoms with Crippen LogP contribution in [0.3, 0.4) is 0 Å². The fourth-order valence-electron chi connectivity index (χ4n) is 1.59. The summed E-state index contributed by atoms with van der Waals surface area (Å²) >= 11 is 0. The summed E-state index contributed by atoms with van der Waals surface area (Å²) < 4.78 is 0. The average molecular weight is 248 g/mol. The summed E-state index contributed by atoms with van der Waals surface area (Å²) in [6.07, 6.45) is 0.384. The summed E-state index contributed by atoms with van der Waals surface area (Å²) in [5, 5.41) is 2.75. The molecule has 0 aliphatic carbocycles. The number of urea groups is 1. The van der Waals surface area contributed by atoms with E-state index in [0.29, 0.717) is 26.1 Å². The van der Waals surface area contributed by atoms with Crippen molar-refractivity contribution in [2.45, 2.75) is 26.8 Å². The average Bonchev–Trinajstić information content (AvgIpc) is 2.36. The van der Waals surface area contributed by atoms with Crippen LogP contribution >= 0.6 is 0 Å². The highest BCUT2D eigenvalue weighted by Crippen LogP contribution is 2.04. The van der Waals surface area contributed by atoms with Gasteiger partial charge in [-0.15, -0.1) is 0 Å². The van der Waals surface area contributed by atoms with E-state index in [4.69, 9.17) is 0 Å². The van der Waals surface area contributed by atoms with Gasteiger partial charge in [-0.25, -0.2) is 4.79 Å². The number of hydrogen-bond acceptors (Lipinski definition) is 2. The Labute approximate surface area is 108 Å². The number of amides is 2. The second-order valence-electron chi connectivity index (χ2n) is 4.18. The van der Waals surface area contributed by atoms with Gasteiger partial charge < -0.3 is 10.2 Å². The Morgan fingerprint density at radius 2 is 1.89 bits per heavy atom. The van der Waals surface area contributed by atoms with E-state index < -0.39 is 0 Å². The van der Waals surface area contributed by atoms with Crippen LogP contribution in [0.15, 0.2) is 30.3 Å². The number of Topliss-reactive ketones (excluding diaryl/α,β-unsaturated/α-hetero) is 1. The van der Waals surface area contributed by atoms with Gasteiger partial charge in [-0.1, -0.05) is 30.3 Å². The van der Waals surface area contributed by atoms with Crippen LogP contribution in [0.1, 0.15) is 25.8 Å². The highest BCUT2D eigenvalue weighted by molar-refractivity contribution is 5.77. The van der Waals surface area contributed by atoms with Crippen molar-refractivity contribution >= 4 is 11.8 Å². The monoisotopic (exact) mass is 248 g/mol. The topological polar surface area (TPSA) is 49.4 Å². The van der Waals surface area contributed by atoms with Gasteiger partial charge in [0.1, 0.15) is 5.78 Å². The minimum absolute atomic E-state index is 0.0846. The zero-order chi connectivity index (χ0) is 13.4. The van der Waals surface area contributed by atoms with Crippen molar-refractivity contribution in [1.29, 1.82) is 0 Å². The van der Waals surface area contributed by atoms with Crippen molar-refractivity contribution in [3.8, 4) is 0 Å². The van der Waals surface area contributed by atoms with Crippen LogP contribution in [-0.2, 0) is 11.3 Å². The Morgan fingerprint density at radius 3 is 2.44 bits per heavy atom. The largest absolute Gasteiger partial charge is 0.338 e. The smallest absolute Gasteiger partial charge is 0.317 e. The first-order valence-electron chi connectivity index (χ1n) is 6.19. The molecular formula is C14H20N2O2. The summed E-state index contributed by atoms with van der Waals surface area (Å²) in [7, 11) is 0. The van der Waals surface area contributed by atoms with E-state index in [9.17, 15) is 9.59 Å². The van der Waals surface area contributed by atoms with Gasteiger partial charge in [-0.05, 0) is 19.4 Å². The molecule has 98 valence electrons. The normalized spacial score (nSPS) is 9.89. The molecule has 1 aromatic carbocycles. The molecule has 0 atom stereocenters. The van der Waals surface area contributed by atoms with E-state index in [1.807, 2.05) is 37.3 Å². The van der Waals surface area contributed by atoms with Crippen molar-refractivity contribution in [3.05, 3.63) is 35.9 Å². The molecule has 0 aliphatic heterocycles. The molecule has 1 aromatic rings. The first-order valence-corrected chi connectivity index (χ1v) is 6.19. The summed E-state index contributed by atoms with van der Waals surface area (Å²) in [5.74, 6) is 0.0846. The zero-order valence-corrected chi connectivity index (χ0v) is 11.0. The third kappa shape index (κ3) is 4.99. The van der Waals surface area contributed by atoms with Crippen LogP contribution in [0.2, 0.25) is 0 Å². The summed E-state index contributed by atoms with van der Waals surface area (Å²) in [4.78, 5) is 24.4. The Balaban J connectivity index is 2.45. The molecule has 0 spiro atoms. The number of ketones is 1. The predicted octanol–water partition coefficient (Wildman–Crippen LogP) is 2.20. The van der Waals surface area contributed by atoms with E-state index >= 15 is 0 Å². The van der Waals surface area contributed by atoms with Gasteiger partial charge >= 0.3 is 6.03 Å². The number of nitrogens with zero attached hydrogens (tertiary/aromatic N) is 1. The Morgan fingerprint density at radius 1 is 1.22 bits per heavy atom. The fourth-order valence-corrected chi connectivity index (χ4v) is 1.59. The molecule has 0 saturated carbocycles. The number of rotatable bonds is 6. The number of hydrogen-bond donors (Lipinski definition) is 1. The van der Waals surface area contributed by atoms with Crippen LogP contribution in [0.5, 0.6) is 0 Å². The lowest BCUT2D eigenvalue weighted by Crippen LogP contribution is -2.40. The van der Waals surface area contributed by atoms with E-state index in [1.54, 1.807) is 4.90 Å². The molecule has 0 fully saturated rings. The van der Waals surface area contributed by atoms with Gasteiger partial charge in [0.15, 0.2) is 0 Å². The van der Waals surface area contributed by atoms with E-state index in [0.717, 1.165) is 5.56 Å². The summed E-state index contributed by atoms with van der Waals surface area (Å²) in [6.45, 7) is 5.09. The molecule has 18 heavy (non-hydrogen) atoms. The van der Waals surface area contributed by atoms with Gasteiger partial charge in [0.25, 0.3) is 0 Å². The summed E-state index contributed by atoms with van der Waals surface area (Å²) in [5.41, 5.74) is 1.10. The Bertz CT molecular complexity index is 390. The van der Waals surface area contributed by atoms with Gasteiger partial charge in [-0.2, -0.15) is 0 Å². The number of carbonyl (C=O) groups excluding carboxylic acids is 2. The highest BCUT2D eigenvalue weighted by atomic mass is 16.2. The van der Waals surface area contributed by atoms with Crippen LogP contribution < -0.4 is 5.32 Å².